The van der Waals surface area contributed by atoms with Gasteiger partial charge in [-0.15, -0.1) is 0 Å². The highest BCUT2D eigenvalue weighted by atomic mass is 32.2. The van der Waals surface area contributed by atoms with Crippen molar-refractivity contribution in [2.45, 2.75) is 62.9 Å². The molecule has 2 amide bonds. The fraction of sp³-hybridized carbons (Fsp3) is 0.462. The molecule has 188 valence electrons. The van der Waals surface area contributed by atoms with E-state index in [0.29, 0.717) is 18.7 Å². The summed E-state index contributed by atoms with van der Waals surface area (Å²) in [5.74, 6) is 0.154. The van der Waals surface area contributed by atoms with Crippen molar-refractivity contribution in [3.8, 4) is 5.75 Å². The largest absolute Gasteiger partial charge is 0.495 e. The molecule has 2 aliphatic rings. The van der Waals surface area contributed by atoms with Crippen LogP contribution in [0.25, 0.3) is 0 Å². The lowest BCUT2D eigenvalue weighted by molar-refractivity contribution is -0.128. The highest BCUT2D eigenvalue weighted by Crippen LogP contribution is 2.29. The van der Waals surface area contributed by atoms with Crippen LogP contribution < -0.4 is 14.8 Å². The number of carbonyl (C=O) groups is 2. The second-order valence-corrected chi connectivity index (χ2v) is 11.1. The molecule has 9 heteroatoms. The monoisotopic (exact) mass is 499 g/mol. The summed E-state index contributed by atoms with van der Waals surface area (Å²) in [6.07, 6.45) is 5.32. The average molecular weight is 500 g/mol. The summed E-state index contributed by atoms with van der Waals surface area (Å²) in [6, 6.07) is 11.6. The number of nitrogens with zero attached hydrogens (tertiary/aromatic N) is 1. The van der Waals surface area contributed by atoms with Crippen LogP contribution in [0.5, 0.6) is 5.75 Å². The van der Waals surface area contributed by atoms with Gasteiger partial charge in [0.1, 0.15) is 10.6 Å². The number of amides is 2. The molecule has 2 fully saturated rings. The van der Waals surface area contributed by atoms with Gasteiger partial charge in [-0.25, -0.2) is 13.1 Å². The van der Waals surface area contributed by atoms with Crippen LogP contribution in [0.2, 0.25) is 0 Å². The van der Waals surface area contributed by atoms with Crippen LogP contribution >= 0.6 is 0 Å². The number of benzene rings is 2. The van der Waals surface area contributed by atoms with E-state index >= 15 is 0 Å². The zero-order chi connectivity index (χ0) is 25.0. The Balaban J connectivity index is 1.51. The smallest absolute Gasteiger partial charge is 0.255 e. The molecule has 8 nitrogen and oxygen atoms in total. The molecule has 0 bridgehead atoms. The molecule has 1 aliphatic heterocycles. The molecular formula is C26H33N3O5S. The Hall–Kier alpha value is -2.91. The van der Waals surface area contributed by atoms with E-state index in [1.165, 1.54) is 19.2 Å². The lowest BCUT2D eigenvalue weighted by Crippen LogP contribution is -2.41. The van der Waals surface area contributed by atoms with E-state index in [9.17, 15) is 18.0 Å². The summed E-state index contributed by atoms with van der Waals surface area (Å²) in [5, 5.41) is 2.84. The third kappa shape index (κ3) is 6.02. The standard InChI is InChI=1S/C26H33N3O5S/c1-18-7-3-4-10-22(18)28-35(32,33)24-16-20(12-13-23(24)34-2)26(31)27-21-9-5-8-19(15-21)17-29-14-6-11-25(29)30/h5,8-9,12-13,15-16,18,22,28H,3-4,6-7,10-11,14,17H2,1-2H3,(H,27,31). The molecule has 35 heavy (non-hydrogen) atoms. The summed E-state index contributed by atoms with van der Waals surface area (Å²) >= 11 is 0. The zero-order valence-corrected chi connectivity index (χ0v) is 21.1. The van der Waals surface area contributed by atoms with Gasteiger partial charge in [-0.2, -0.15) is 0 Å². The summed E-state index contributed by atoms with van der Waals surface area (Å²) in [7, 11) is -2.47. The Morgan fingerprint density at radius 2 is 1.91 bits per heavy atom. The van der Waals surface area contributed by atoms with Gasteiger partial charge in [0.05, 0.1) is 7.11 Å². The van der Waals surface area contributed by atoms with Crippen LogP contribution in [0.3, 0.4) is 0 Å². The fourth-order valence-corrected chi connectivity index (χ4v) is 6.40. The third-order valence-corrected chi connectivity index (χ3v) is 8.37. The van der Waals surface area contributed by atoms with Gasteiger partial charge in [0.2, 0.25) is 15.9 Å². The first-order chi connectivity index (χ1) is 16.8. The van der Waals surface area contributed by atoms with Gasteiger partial charge >= 0.3 is 0 Å². The highest BCUT2D eigenvalue weighted by molar-refractivity contribution is 7.89. The minimum Gasteiger partial charge on any atom is -0.495 e. The molecule has 2 N–H and O–H groups in total. The van der Waals surface area contributed by atoms with Crippen LogP contribution in [0.1, 0.15) is 61.4 Å². The number of sulfonamides is 1. The first-order valence-electron chi connectivity index (χ1n) is 12.2. The van der Waals surface area contributed by atoms with E-state index in [2.05, 4.69) is 17.0 Å². The van der Waals surface area contributed by atoms with E-state index in [1.54, 1.807) is 12.1 Å². The van der Waals surface area contributed by atoms with Crippen molar-refractivity contribution in [1.82, 2.24) is 9.62 Å². The number of hydrogen-bond donors (Lipinski definition) is 2. The predicted molar refractivity (Wildman–Crippen MR) is 134 cm³/mol. The number of hydrogen-bond acceptors (Lipinski definition) is 5. The summed E-state index contributed by atoms with van der Waals surface area (Å²) in [6.45, 7) is 3.30. The minimum atomic E-state index is -3.88. The van der Waals surface area contributed by atoms with Crippen LogP contribution in [0, 0.1) is 5.92 Å². The summed E-state index contributed by atoms with van der Waals surface area (Å²) in [5.41, 5.74) is 1.71. The predicted octanol–water partition coefficient (Wildman–Crippen LogP) is 3.93. The second-order valence-electron chi connectivity index (χ2n) is 9.43. The number of methoxy groups -OCH3 is 1. The first-order valence-corrected chi connectivity index (χ1v) is 13.6. The molecule has 1 aliphatic carbocycles. The van der Waals surface area contributed by atoms with Crippen LogP contribution in [-0.4, -0.2) is 44.8 Å². The Morgan fingerprint density at radius 3 is 2.63 bits per heavy atom. The molecule has 1 saturated carbocycles. The van der Waals surface area contributed by atoms with Gasteiger partial charge < -0.3 is 15.0 Å². The van der Waals surface area contributed by atoms with E-state index < -0.39 is 15.9 Å². The minimum absolute atomic E-state index is 0.0493. The van der Waals surface area contributed by atoms with E-state index in [-0.39, 0.29) is 34.1 Å². The normalized spacial score (nSPS) is 20.6. The fourth-order valence-electron chi connectivity index (χ4n) is 4.82. The van der Waals surface area contributed by atoms with Crippen molar-refractivity contribution in [2.75, 3.05) is 19.0 Å². The van der Waals surface area contributed by atoms with Crippen molar-refractivity contribution < 1.29 is 22.7 Å². The van der Waals surface area contributed by atoms with Crippen molar-refractivity contribution in [3.63, 3.8) is 0 Å². The maximum absolute atomic E-state index is 13.2. The average Bonchev–Trinajstić information content (AvgIpc) is 3.24. The summed E-state index contributed by atoms with van der Waals surface area (Å²) in [4.78, 5) is 26.7. The number of likely N-dealkylation sites (tertiary alicyclic amines) is 1. The molecule has 0 spiro atoms. The van der Waals surface area contributed by atoms with Gasteiger partial charge in [0, 0.05) is 36.8 Å². The third-order valence-electron chi connectivity index (χ3n) is 6.86. The lowest BCUT2D eigenvalue weighted by Gasteiger charge is -2.29. The van der Waals surface area contributed by atoms with Crippen molar-refractivity contribution in [1.29, 1.82) is 0 Å². The van der Waals surface area contributed by atoms with E-state index in [4.69, 9.17) is 4.74 Å². The number of carbonyl (C=O) groups excluding carboxylic acids is 2. The SMILES string of the molecule is COc1ccc(C(=O)Nc2cccc(CN3CCCC3=O)c2)cc1S(=O)(=O)NC1CCCCC1C. The molecule has 2 atom stereocenters. The Labute approximate surface area is 207 Å². The Morgan fingerprint density at radius 1 is 1.11 bits per heavy atom. The summed E-state index contributed by atoms with van der Waals surface area (Å²) < 4.78 is 34.6. The first kappa shape index (κ1) is 25.2. The molecule has 1 saturated heterocycles. The van der Waals surface area contributed by atoms with Gasteiger partial charge in [0.15, 0.2) is 0 Å². The van der Waals surface area contributed by atoms with E-state index in [1.807, 2.05) is 23.1 Å². The van der Waals surface area contributed by atoms with Crippen LogP contribution in [-0.2, 0) is 21.4 Å². The number of anilines is 1. The van der Waals surface area contributed by atoms with Crippen molar-refractivity contribution in [2.24, 2.45) is 5.92 Å². The molecule has 0 aromatic heterocycles. The highest BCUT2D eigenvalue weighted by Gasteiger charge is 2.29. The molecule has 2 unspecified atom stereocenters. The van der Waals surface area contributed by atoms with Crippen molar-refractivity contribution in [3.05, 3.63) is 53.6 Å². The van der Waals surface area contributed by atoms with Crippen LogP contribution in [0.4, 0.5) is 5.69 Å². The molecular weight excluding hydrogens is 466 g/mol. The maximum atomic E-state index is 13.2. The molecule has 1 heterocycles. The Bertz CT molecular complexity index is 1200. The van der Waals surface area contributed by atoms with E-state index in [0.717, 1.165) is 44.2 Å². The maximum Gasteiger partial charge on any atom is 0.255 e. The van der Waals surface area contributed by atoms with Gasteiger partial charge in [-0.05, 0) is 61.1 Å². The molecule has 4 rings (SSSR count). The lowest BCUT2D eigenvalue weighted by atomic mass is 9.87. The van der Waals surface area contributed by atoms with Crippen molar-refractivity contribution >= 4 is 27.5 Å². The van der Waals surface area contributed by atoms with Gasteiger partial charge in [0.25, 0.3) is 5.91 Å². The second kappa shape index (κ2) is 10.8. The Kier molecular flexibility index (Phi) is 7.76. The van der Waals surface area contributed by atoms with Gasteiger partial charge in [-0.3, -0.25) is 9.59 Å². The molecule has 2 aromatic carbocycles. The zero-order valence-electron chi connectivity index (χ0n) is 20.2. The quantitative estimate of drug-likeness (QED) is 0.573. The number of nitrogens with one attached hydrogen (secondary N) is 2. The number of ether oxygens (including phenoxy) is 1. The molecule has 0 radical (unpaired) electrons. The molecule has 2 aromatic rings. The number of rotatable bonds is 8. The van der Waals surface area contributed by atoms with Gasteiger partial charge in [-0.1, -0.05) is 31.9 Å². The topological polar surface area (TPSA) is 105 Å². The van der Waals surface area contributed by atoms with Crippen LogP contribution in [0.15, 0.2) is 47.4 Å².